The average molecular weight is 279 g/mol. The summed E-state index contributed by atoms with van der Waals surface area (Å²) in [7, 11) is 1.36. The summed E-state index contributed by atoms with van der Waals surface area (Å²) in [5.41, 5.74) is 2.04. The van der Waals surface area contributed by atoms with Crippen LogP contribution in [0.5, 0.6) is 0 Å². The number of nitrogens with zero attached hydrogens (tertiary/aromatic N) is 2. The fourth-order valence-corrected chi connectivity index (χ4v) is 2.81. The van der Waals surface area contributed by atoms with Crippen LogP contribution >= 0.6 is 11.3 Å². The highest BCUT2D eigenvalue weighted by Gasteiger charge is 2.19. The van der Waals surface area contributed by atoms with Gasteiger partial charge in [0, 0.05) is 17.1 Å². The lowest BCUT2D eigenvalue weighted by Gasteiger charge is -2.18. The van der Waals surface area contributed by atoms with E-state index >= 15 is 0 Å². The van der Waals surface area contributed by atoms with Crippen LogP contribution in [0.3, 0.4) is 0 Å². The summed E-state index contributed by atoms with van der Waals surface area (Å²) in [5.74, 6) is 0. The third-order valence-corrected chi connectivity index (χ3v) is 3.81. The summed E-state index contributed by atoms with van der Waals surface area (Å²) >= 11 is 1.65. The molecule has 19 heavy (non-hydrogen) atoms. The lowest BCUT2D eigenvalue weighted by molar-refractivity contribution is 0.169. The molecule has 0 saturated heterocycles. The van der Waals surface area contributed by atoms with Crippen LogP contribution in [-0.4, -0.2) is 29.5 Å². The number of alkyl carbamates (subject to hydrolysis) is 1. The standard InChI is InChI=1S/C13H17N3O2S/c1-9-7-10(2)16(15-9)11(8-14-13(17)18-3)12-5-4-6-19-12/h4-7,11H,8H2,1-3H3,(H,14,17)/t11-/m1/s1. The van der Waals surface area contributed by atoms with Crippen LogP contribution < -0.4 is 5.32 Å². The van der Waals surface area contributed by atoms with Crippen molar-refractivity contribution in [1.29, 1.82) is 0 Å². The van der Waals surface area contributed by atoms with Gasteiger partial charge in [-0.15, -0.1) is 11.3 Å². The Kier molecular flexibility index (Phi) is 4.21. The van der Waals surface area contributed by atoms with Gasteiger partial charge in [0.2, 0.25) is 0 Å². The lowest BCUT2D eigenvalue weighted by atomic mass is 10.2. The number of hydrogen-bond acceptors (Lipinski definition) is 4. The number of carbonyl (C=O) groups is 1. The van der Waals surface area contributed by atoms with Gasteiger partial charge in [-0.25, -0.2) is 4.79 Å². The molecule has 0 spiro atoms. The van der Waals surface area contributed by atoms with Crippen LogP contribution in [0.25, 0.3) is 0 Å². The summed E-state index contributed by atoms with van der Waals surface area (Å²) in [6.45, 7) is 4.43. The van der Waals surface area contributed by atoms with E-state index in [0.717, 1.165) is 16.3 Å². The Morgan fingerprint density at radius 2 is 2.37 bits per heavy atom. The molecule has 6 heteroatoms. The Morgan fingerprint density at radius 1 is 1.58 bits per heavy atom. The first-order chi connectivity index (χ1) is 9.11. The Hall–Kier alpha value is -1.82. The first kappa shape index (κ1) is 13.6. The van der Waals surface area contributed by atoms with Gasteiger partial charge in [-0.1, -0.05) is 6.07 Å². The first-order valence-electron chi connectivity index (χ1n) is 5.99. The van der Waals surface area contributed by atoms with Crippen LogP contribution in [-0.2, 0) is 4.74 Å². The van der Waals surface area contributed by atoms with Gasteiger partial charge in [-0.2, -0.15) is 5.10 Å². The summed E-state index contributed by atoms with van der Waals surface area (Å²) in [5, 5.41) is 9.26. The molecule has 102 valence electrons. The van der Waals surface area contributed by atoms with Crippen LogP contribution in [0, 0.1) is 13.8 Å². The molecule has 2 rings (SSSR count). The van der Waals surface area contributed by atoms with Crippen LogP contribution in [0.15, 0.2) is 23.6 Å². The molecule has 1 amide bonds. The molecule has 1 atom stereocenters. The fraction of sp³-hybridized carbons (Fsp3) is 0.385. The van der Waals surface area contributed by atoms with E-state index in [1.165, 1.54) is 7.11 Å². The summed E-state index contributed by atoms with van der Waals surface area (Å²) in [6.07, 6.45) is -0.428. The number of thiophene rings is 1. The molecule has 1 N–H and O–H groups in total. The van der Waals surface area contributed by atoms with Crippen molar-refractivity contribution in [3.05, 3.63) is 39.8 Å². The molecule has 0 radical (unpaired) electrons. The SMILES string of the molecule is COC(=O)NC[C@H](c1cccs1)n1nc(C)cc1C. The summed E-state index contributed by atoms with van der Waals surface area (Å²) < 4.78 is 6.55. The summed E-state index contributed by atoms with van der Waals surface area (Å²) in [6, 6.07) is 6.06. The largest absolute Gasteiger partial charge is 0.453 e. The minimum atomic E-state index is -0.428. The van der Waals surface area contributed by atoms with Crippen molar-refractivity contribution < 1.29 is 9.53 Å². The molecule has 0 unspecified atom stereocenters. The van der Waals surface area contributed by atoms with Crippen molar-refractivity contribution in [2.45, 2.75) is 19.9 Å². The number of hydrogen-bond donors (Lipinski definition) is 1. The second kappa shape index (κ2) is 5.88. The zero-order valence-corrected chi connectivity index (χ0v) is 12.0. The van der Waals surface area contributed by atoms with E-state index in [1.54, 1.807) is 11.3 Å². The second-order valence-corrected chi connectivity index (χ2v) is 5.25. The molecular weight excluding hydrogens is 262 g/mol. The monoisotopic (exact) mass is 279 g/mol. The molecule has 5 nitrogen and oxygen atoms in total. The number of amides is 1. The Bertz CT molecular complexity index is 548. The number of aryl methyl sites for hydroxylation is 2. The van der Waals surface area contributed by atoms with Crippen LogP contribution in [0.1, 0.15) is 22.3 Å². The number of rotatable bonds is 4. The maximum atomic E-state index is 11.2. The van der Waals surface area contributed by atoms with Crippen molar-refractivity contribution in [1.82, 2.24) is 15.1 Å². The van der Waals surface area contributed by atoms with Gasteiger partial charge in [0.25, 0.3) is 0 Å². The molecule has 0 aliphatic carbocycles. The molecule has 2 heterocycles. The molecule has 2 aromatic rings. The maximum absolute atomic E-state index is 11.2. The van der Waals surface area contributed by atoms with Crippen LogP contribution in [0.2, 0.25) is 0 Å². The minimum Gasteiger partial charge on any atom is -0.453 e. The van der Waals surface area contributed by atoms with Gasteiger partial charge in [0.05, 0.1) is 12.8 Å². The molecule has 0 fully saturated rings. The van der Waals surface area contributed by atoms with Crippen molar-refractivity contribution in [3.8, 4) is 0 Å². The zero-order chi connectivity index (χ0) is 13.8. The number of methoxy groups -OCH3 is 1. The lowest BCUT2D eigenvalue weighted by Crippen LogP contribution is -2.31. The van der Waals surface area contributed by atoms with E-state index in [1.807, 2.05) is 42.1 Å². The molecular formula is C13H17N3O2S. The fourth-order valence-electron chi connectivity index (χ4n) is 2.00. The first-order valence-corrected chi connectivity index (χ1v) is 6.87. The molecule has 0 bridgehead atoms. The maximum Gasteiger partial charge on any atom is 0.406 e. The Balaban J connectivity index is 2.24. The van der Waals surface area contributed by atoms with Crippen molar-refractivity contribution in [3.63, 3.8) is 0 Å². The van der Waals surface area contributed by atoms with E-state index < -0.39 is 6.09 Å². The number of carbonyl (C=O) groups excluding carboxylic acids is 1. The van der Waals surface area contributed by atoms with Crippen molar-refractivity contribution in [2.75, 3.05) is 13.7 Å². The highest BCUT2D eigenvalue weighted by molar-refractivity contribution is 7.10. The second-order valence-electron chi connectivity index (χ2n) is 4.28. The summed E-state index contributed by atoms with van der Waals surface area (Å²) in [4.78, 5) is 12.4. The smallest absolute Gasteiger partial charge is 0.406 e. The minimum absolute atomic E-state index is 0.00667. The molecule has 0 aliphatic heterocycles. The highest BCUT2D eigenvalue weighted by Crippen LogP contribution is 2.24. The van der Waals surface area contributed by atoms with E-state index in [-0.39, 0.29) is 6.04 Å². The average Bonchev–Trinajstić information content (AvgIpc) is 3.00. The topological polar surface area (TPSA) is 56.1 Å². The van der Waals surface area contributed by atoms with Gasteiger partial charge in [-0.3, -0.25) is 4.68 Å². The van der Waals surface area contributed by atoms with Crippen molar-refractivity contribution >= 4 is 17.4 Å². The highest BCUT2D eigenvalue weighted by atomic mass is 32.1. The van der Waals surface area contributed by atoms with Crippen molar-refractivity contribution in [2.24, 2.45) is 0 Å². The predicted octanol–water partition coefficient (Wildman–Crippen LogP) is 2.51. The number of nitrogens with one attached hydrogen (secondary N) is 1. The van der Waals surface area contributed by atoms with Gasteiger partial charge in [-0.05, 0) is 31.4 Å². The van der Waals surface area contributed by atoms with E-state index in [2.05, 4.69) is 15.2 Å². The number of aromatic nitrogens is 2. The van der Waals surface area contributed by atoms with Crippen LogP contribution in [0.4, 0.5) is 4.79 Å². The quantitative estimate of drug-likeness (QED) is 0.935. The van der Waals surface area contributed by atoms with E-state index in [0.29, 0.717) is 6.54 Å². The molecule has 2 aromatic heterocycles. The zero-order valence-electron chi connectivity index (χ0n) is 11.2. The van der Waals surface area contributed by atoms with Gasteiger partial charge < -0.3 is 10.1 Å². The van der Waals surface area contributed by atoms with Gasteiger partial charge in [0.15, 0.2) is 0 Å². The van der Waals surface area contributed by atoms with E-state index in [9.17, 15) is 4.79 Å². The number of ether oxygens (including phenoxy) is 1. The molecule has 0 saturated carbocycles. The van der Waals surface area contributed by atoms with E-state index in [4.69, 9.17) is 0 Å². The van der Waals surface area contributed by atoms with Gasteiger partial charge >= 0.3 is 6.09 Å². The third-order valence-electron chi connectivity index (χ3n) is 2.84. The molecule has 0 aromatic carbocycles. The van der Waals surface area contributed by atoms with Gasteiger partial charge in [0.1, 0.15) is 6.04 Å². The Labute approximate surface area is 116 Å². The predicted molar refractivity (Wildman–Crippen MR) is 74.6 cm³/mol. The Morgan fingerprint density at radius 3 is 2.89 bits per heavy atom. The molecule has 0 aliphatic rings. The third kappa shape index (κ3) is 3.14. The normalized spacial score (nSPS) is 12.2.